The predicted octanol–water partition coefficient (Wildman–Crippen LogP) is 3.96. The minimum atomic E-state index is -0.250. The van der Waals surface area contributed by atoms with Gasteiger partial charge in [-0.15, -0.1) is 0 Å². The van der Waals surface area contributed by atoms with Gasteiger partial charge in [0.1, 0.15) is 17.0 Å². The highest BCUT2D eigenvalue weighted by atomic mass is 32.1. The average Bonchev–Trinajstić information content (AvgIpc) is 2.98. The van der Waals surface area contributed by atoms with Crippen LogP contribution in [0.15, 0.2) is 42.5 Å². The Bertz CT molecular complexity index is 845. The molecule has 23 heavy (non-hydrogen) atoms. The van der Waals surface area contributed by atoms with Crippen molar-refractivity contribution in [2.45, 2.75) is 6.92 Å². The molecule has 0 radical (unpaired) electrons. The molecule has 1 heterocycles. The monoisotopic (exact) mass is 328 g/mol. The lowest BCUT2D eigenvalue weighted by molar-refractivity contribution is 0.102. The van der Waals surface area contributed by atoms with Crippen LogP contribution in [-0.2, 0) is 0 Å². The summed E-state index contributed by atoms with van der Waals surface area (Å²) in [6.45, 7) is 2.50. The summed E-state index contributed by atoms with van der Waals surface area (Å²) >= 11 is 1.41. The van der Waals surface area contributed by atoms with Crippen molar-refractivity contribution in [3.05, 3.63) is 48.0 Å². The summed E-state index contributed by atoms with van der Waals surface area (Å²) in [4.78, 5) is 16.9. The van der Waals surface area contributed by atoms with Gasteiger partial charge in [0, 0.05) is 0 Å². The molecular weight excluding hydrogens is 312 g/mol. The number of ether oxygens (including phenoxy) is 2. The van der Waals surface area contributed by atoms with Crippen LogP contribution >= 0.6 is 11.3 Å². The molecule has 1 amide bonds. The molecule has 1 N–H and O–H groups in total. The van der Waals surface area contributed by atoms with E-state index in [9.17, 15) is 4.79 Å². The second kappa shape index (κ2) is 6.66. The van der Waals surface area contributed by atoms with Crippen LogP contribution in [0, 0.1) is 0 Å². The van der Waals surface area contributed by atoms with E-state index in [-0.39, 0.29) is 5.91 Å². The molecule has 6 heteroatoms. The number of benzene rings is 2. The Labute approximate surface area is 137 Å². The van der Waals surface area contributed by atoms with Gasteiger partial charge in [0.2, 0.25) is 0 Å². The molecule has 1 aromatic heterocycles. The molecule has 0 unspecified atom stereocenters. The molecule has 0 saturated carbocycles. The molecule has 2 aromatic carbocycles. The summed E-state index contributed by atoms with van der Waals surface area (Å²) in [5, 5.41) is 3.36. The van der Waals surface area contributed by atoms with Crippen molar-refractivity contribution in [3.8, 4) is 11.5 Å². The SMILES string of the molecule is CCOc1cccc2sc(NC(=O)c3ccccc3OC)nc12. The molecule has 3 aromatic rings. The summed E-state index contributed by atoms with van der Waals surface area (Å²) in [6.07, 6.45) is 0. The highest BCUT2D eigenvalue weighted by Crippen LogP contribution is 2.32. The highest BCUT2D eigenvalue weighted by molar-refractivity contribution is 7.22. The molecule has 0 aliphatic rings. The number of fused-ring (bicyclic) bond motifs is 1. The molecule has 118 valence electrons. The van der Waals surface area contributed by atoms with Crippen molar-refractivity contribution >= 4 is 32.6 Å². The van der Waals surface area contributed by atoms with Crippen molar-refractivity contribution in [2.24, 2.45) is 0 Å². The highest BCUT2D eigenvalue weighted by Gasteiger charge is 2.15. The van der Waals surface area contributed by atoms with E-state index in [0.717, 1.165) is 16.0 Å². The smallest absolute Gasteiger partial charge is 0.261 e. The van der Waals surface area contributed by atoms with Crippen LogP contribution in [0.4, 0.5) is 5.13 Å². The number of methoxy groups -OCH3 is 1. The number of carbonyl (C=O) groups is 1. The number of para-hydroxylation sites is 2. The maximum atomic E-state index is 12.4. The van der Waals surface area contributed by atoms with E-state index in [1.165, 1.54) is 18.4 Å². The van der Waals surface area contributed by atoms with Gasteiger partial charge in [-0.1, -0.05) is 29.5 Å². The summed E-state index contributed by atoms with van der Waals surface area (Å²) < 4.78 is 11.8. The van der Waals surface area contributed by atoms with Gasteiger partial charge in [0.15, 0.2) is 5.13 Å². The van der Waals surface area contributed by atoms with E-state index in [1.807, 2.05) is 31.2 Å². The van der Waals surface area contributed by atoms with Crippen LogP contribution in [0.1, 0.15) is 17.3 Å². The van der Waals surface area contributed by atoms with Crippen LogP contribution in [0.25, 0.3) is 10.2 Å². The van der Waals surface area contributed by atoms with Gasteiger partial charge in [0.05, 0.1) is 24.0 Å². The van der Waals surface area contributed by atoms with Crippen molar-refractivity contribution in [1.29, 1.82) is 0 Å². The Morgan fingerprint density at radius 1 is 1.17 bits per heavy atom. The normalized spacial score (nSPS) is 10.5. The van der Waals surface area contributed by atoms with E-state index < -0.39 is 0 Å². The Morgan fingerprint density at radius 2 is 1.96 bits per heavy atom. The number of anilines is 1. The zero-order valence-electron chi connectivity index (χ0n) is 12.8. The molecule has 0 atom stereocenters. The topological polar surface area (TPSA) is 60.5 Å². The summed E-state index contributed by atoms with van der Waals surface area (Å²) in [5.74, 6) is 1.000. The number of amides is 1. The average molecular weight is 328 g/mol. The molecular formula is C17H16N2O3S. The van der Waals surface area contributed by atoms with Crippen LogP contribution in [0.2, 0.25) is 0 Å². The van der Waals surface area contributed by atoms with Crippen molar-refractivity contribution < 1.29 is 14.3 Å². The zero-order chi connectivity index (χ0) is 16.2. The number of rotatable bonds is 5. The first-order chi connectivity index (χ1) is 11.2. The van der Waals surface area contributed by atoms with Crippen LogP contribution in [0.5, 0.6) is 11.5 Å². The lowest BCUT2D eigenvalue weighted by Gasteiger charge is -2.06. The maximum absolute atomic E-state index is 12.4. The summed E-state index contributed by atoms with van der Waals surface area (Å²) in [5.41, 5.74) is 1.23. The van der Waals surface area contributed by atoms with Crippen LogP contribution in [0.3, 0.4) is 0 Å². The van der Waals surface area contributed by atoms with E-state index >= 15 is 0 Å². The molecule has 0 saturated heterocycles. The quantitative estimate of drug-likeness (QED) is 0.770. The number of thiazole rings is 1. The lowest BCUT2D eigenvalue weighted by Crippen LogP contribution is -2.12. The van der Waals surface area contributed by atoms with E-state index in [1.54, 1.807) is 18.2 Å². The fourth-order valence-electron chi connectivity index (χ4n) is 2.25. The summed E-state index contributed by atoms with van der Waals surface area (Å²) in [6, 6.07) is 12.8. The largest absolute Gasteiger partial charge is 0.496 e. The first-order valence-electron chi connectivity index (χ1n) is 7.19. The third-order valence-electron chi connectivity index (χ3n) is 3.25. The number of carbonyl (C=O) groups excluding carboxylic acids is 1. The Morgan fingerprint density at radius 3 is 2.74 bits per heavy atom. The van der Waals surface area contributed by atoms with Crippen LogP contribution < -0.4 is 14.8 Å². The van der Waals surface area contributed by atoms with Gasteiger partial charge in [-0.2, -0.15) is 0 Å². The van der Waals surface area contributed by atoms with Crippen molar-refractivity contribution in [1.82, 2.24) is 4.98 Å². The van der Waals surface area contributed by atoms with E-state index in [0.29, 0.717) is 23.1 Å². The maximum Gasteiger partial charge on any atom is 0.261 e. The Balaban J connectivity index is 1.89. The van der Waals surface area contributed by atoms with Crippen molar-refractivity contribution in [2.75, 3.05) is 19.0 Å². The second-order valence-electron chi connectivity index (χ2n) is 4.71. The minimum Gasteiger partial charge on any atom is -0.496 e. The molecule has 3 rings (SSSR count). The Hall–Kier alpha value is -2.60. The number of aromatic nitrogens is 1. The third kappa shape index (κ3) is 3.12. The fraction of sp³-hybridized carbons (Fsp3) is 0.176. The number of nitrogens with zero attached hydrogens (tertiary/aromatic N) is 1. The van der Waals surface area contributed by atoms with E-state index in [2.05, 4.69) is 10.3 Å². The van der Waals surface area contributed by atoms with Gasteiger partial charge < -0.3 is 9.47 Å². The standard InChI is InChI=1S/C17H16N2O3S/c1-3-22-13-9-6-10-14-15(13)18-17(23-14)19-16(20)11-7-4-5-8-12(11)21-2/h4-10H,3H2,1-2H3,(H,18,19,20). The van der Waals surface area contributed by atoms with Gasteiger partial charge in [-0.25, -0.2) is 4.98 Å². The predicted molar refractivity (Wildman–Crippen MR) is 91.7 cm³/mol. The van der Waals surface area contributed by atoms with E-state index in [4.69, 9.17) is 9.47 Å². The first kappa shape index (κ1) is 15.3. The molecule has 0 spiro atoms. The van der Waals surface area contributed by atoms with Gasteiger partial charge in [-0.05, 0) is 31.2 Å². The Kier molecular flexibility index (Phi) is 4.43. The number of nitrogens with one attached hydrogen (secondary N) is 1. The second-order valence-corrected chi connectivity index (χ2v) is 5.74. The fourth-order valence-corrected chi connectivity index (χ4v) is 3.12. The zero-order valence-corrected chi connectivity index (χ0v) is 13.6. The van der Waals surface area contributed by atoms with Gasteiger partial charge in [0.25, 0.3) is 5.91 Å². The molecule has 5 nitrogen and oxygen atoms in total. The first-order valence-corrected chi connectivity index (χ1v) is 8.01. The molecule has 0 aliphatic heterocycles. The molecule has 0 bridgehead atoms. The molecule has 0 fully saturated rings. The van der Waals surface area contributed by atoms with Crippen LogP contribution in [-0.4, -0.2) is 24.6 Å². The van der Waals surface area contributed by atoms with Gasteiger partial charge >= 0.3 is 0 Å². The number of hydrogen-bond donors (Lipinski definition) is 1. The molecule has 0 aliphatic carbocycles. The minimum absolute atomic E-state index is 0.250. The summed E-state index contributed by atoms with van der Waals surface area (Å²) in [7, 11) is 1.54. The van der Waals surface area contributed by atoms with Gasteiger partial charge in [-0.3, -0.25) is 10.1 Å². The lowest BCUT2D eigenvalue weighted by atomic mass is 10.2. The number of hydrogen-bond acceptors (Lipinski definition) is 5. The third-order valence-corrected chi connectivity index (χ3v) is 4.19. The van der Waals surface area contributed by atoms with Crippen molar-refractivity contribution in [3.63, 3.8) is 0 Å².